The number of halogens is 1. The van der Waals surface area contributed by atoms with Crippen LogP contribution < -0.4 is 15.4 Å². The molecule has 11 heteroatoms. The molecule has 1 fully saturated rings. The monoisotopic (exact) mass is 554 g/mol. The molecule has 5 N–H and O–H groups in total. The van der Waals surface area contributed by atoms with Crippen molar-refractivity contribution in [1.82, 2.24) is 14.7 Å². The van der Waals surface area contributed by atoms with Gasteiger partial charge >= 0.3 is 0 Å². The number of aliphatic hydroxyl groups is 1. The summed E-state index contributed by atoms with van der Waals surface area (Å²) >= 11 is 0. The molecule has 0 radical (unpaired) electrons. The SMILES string of the molecule is CCCCNc1ncc(C(=N)c2ccc(S(=O)(=O)NCc3ccc(F)cc3)cc2)c(NC2CCC(O)CC2)n1. The number of nitrogens with zero attached hydrogens (tertiary/aromatic N) is 2. The van der Waals surface area contributed by atoms with Crippen LogP contribution in [0.5, 0.6) is 0 Å². The van der Waals surface area contributed by atoms with Crippen LogP contribution in [0.4, 0.5) is 16.2 Å². The predicted octanol–water partition coefficient (Wildman–Crippen LogP) is 4.44. The molecule has 9 nitrogen and oxygen atoms in total. The summed E-state index contributed by atoms with van der Waals surface area (Å²) in [6, 6.07) is 11.8. The van der Waals surface area contributed by atoms with Crippen LogP contribution in [0.3, 0.4) is 0 Å². The minimum absolute atomic E-state index is 0.0311. The average Bonchev–Trinajstić information content (AvgIpc) is 2.94. The van der Waals surface area contributed by atoms with E-state index < -0.39 is 10.0 Å². The fourth-order valence-corrected chi connectivity index (χ4v) is 5.39. The van der Waals surface area contributed by atoms with Crippen molar-refractivity contribution in [3.8, 4) is 0 Å². The molecule has 0 unspecified atom stereocenters. The molecule has 4 rings (SSSR count). The molecule has 2 aromatic carbocycles. The Bertz CT molecular complexity index is 1360. The lowest BCUT2D eigenvalue weighted by molar-refractivity contribution is 0.126. The number of hydrogen-bond acceptors (Lipinski definition) is 8. The van der Waals surface area contributed by atoms with Gasteiger partial charge < -0.3 is 15.7 Å². The van der Waals surface area contributed by atoms with Gasteiger partial charge in [-0.2, -0.15) is 4.98 Å². The highest BCUT2D eigenvalue weighted by Gasteiger charge is 2.22. The molecule has 3 aromatic rings. The van der Waals surface area contributed by atoms with E-state index in [4.69, 9.17) is 5.41 Å². The van der Waals surface area contributed by atoms with E-state index in [2.05, 4.69) is 32.2 Å². The van der Waals surface area contributed by atoms with Crippen molar-refractivity contribution in [2.75, 3.05) is 17.2 Å². The van der Waals surface area contributed by atoms with Crippen LogP contribution in [-0.2, 0) is 16.6 Å². The van der Waals surface area contributed by atoms with Crippen molar-refractivity contribution in [1.29, 1.82) is 5.41 Å². The molecule has 0 amide bonds. The van der Waals surface area contributed by atoms with E-state index in [1.165, 1.54) is 36.4 Å². The Morgan fingerprint density at radius 1 is 1.08 bits per heavy atom. The van der Waals surface area contributed by atoms with Gasteiger partial charge in [0, 0.05) is 30.9 Å². The minimum Gasteiger partial charge on any atom is -0.393 e. The largest absolute Gasteiger partial charge is 0.393 e. The van der Waals surface area contributed by atoms with Crippen molar-refractivity contribution in [2.45, 2.75) is 69.0 Å². The highest BCUT2D eigenvalue weighted by atomic mass is 32.2. The van der Waals surface area contributed by atoms with E-state index in [-0.39, 0.29) is 35.1 Å². The fourth-order valence-electron chi connectivity index (χ4n) is 4.37. The minimum atomic E-state index is -3.80. The van der Waals surface area contributed by atoms with Gasteiger partial charge in [-0.05, 0) is 61.9 Å². The van der Waals surface area contributed by atoms with Gasteiger partial charge in [-0.1, -0.05) is 37.6 Å². The standard InChI is InChI=1S/C28H35FN6O3S/c1-2-3-16-31-28-32-18-25(27(35-28)34-22-10-12-23(36)13-11-22)26(30)20-6-14-24(15-7-20)39(37,38)33-17-19-4-8-21(29)9-5-19/h4-9,14-15,18,22-23,30,33,36H,2-3,10-13,16-17H2,1H3,(H2,31,32,34,35). The summed E-state index contributed by atoms with van der Waals surface area (Å²) in [5, 5.41) is 25.4. The second kappa shape index (κ2) is 13.1. The lowest BCUT2D eigenvalue weighted by atomic mass is 9.93. The Labute approximate surface area is 228 Å². The van der Waals surface area contributed by atoms with Crippen LogP contribution in [0.15, 0.2) is 59.6 Å². The maximum absolute atomic E-state index is 13.1. The molecule has 1 saturated carbocycles. The summed E-state index contributed by atoms with van der Waals surface area (Å²) in [5.74, 6) is 0.628. The van der Waals surface area contributed by atoms with Crippen LogP contribution in [-0.4, -0.2) is 47.9 Å². The van der Waals surface area contributed by atoms with Gasteiger partial charge in [0.2, 0.25) is 16.0 Å². The third kappa shape index (κ3) is 7.81. The zero-order chi connectivity index (χ0) is 27.8. The normalized spacial score (nSPS) is 17.5. The highest BCUT2D eigenvalue weighted by molar-refractivity contribution is 7.89. The lowest BCUT2D eigenvalue weighted by Crippen LogP contribution is -2.29. The Morgan fingerprint density at radius 2 is 1.77 bits per heavy atom. The molecule has 0 bridgehead atoms. The summed E-state index contributed by atoms with van der Waals surface area (Å²) in [6.07, 6.45) is 6.37. The Morgan fingerprint density at radius 3 is 2.44 bits per heavy atom. The van der Waals surface area contributed by atoms with Crippen molar-refractivity contribution >= 4 is 27.5 Å². The first-order chi connectivity index (χ1) is 18.7. The van der Waals surface area contributed by atoms with Gasteiger partial charge in [0.25, 0.3) is 0 Å². The molecule has 39 heavy (non-hydrogen) atoms. The first kappa shape index (κ1) is 28.6. The molecular weight excluding hydrogens is 519 g/mol. The summed E-state index contributed by atoms with van der Waals surface area (Å²) in [6.45, 7) is 2.88. The smallest absolute Gasteiger partial charge is 0.240 e. The third-order valence-corrected chi connectivity index (χ3v) is 8.16. The Hall–Kier alpha value is -3.41. The quantitative estimate of drug-likeness (QED) is 0.165. The number of aliphatic hydroxyl groups excluding tert-OH is 1. The van der Waals surface area contributed by atoms with Gasteiger partial charge in [-0.3, -0.25) is 5.41 Å². The number of unbranched alkanes of at least 4 members (excludes halogenated alkanes) is 1. The second-order valence-electron chi connectivity index (χ2n) is 9.74. The topological polar surface area (TPSA) is 140 Å². The van der Waals surface area contributed by atoms with Crippen LogP contribution in [0.25, 0.3) is 0 Å². The molecule has 0 spiro atoms. The van der Waals surface area contributed by atoms with E-state index in [0.717, 1.165) is 32.2 Å². The van der Waals surface area contributed by atoms with Crippen molar-refractivity contribution in [3.05, 3.63) is 77.2 Å². The summed E-state index contributed by atoms with van der Waals surface area (Å²) < 4.78 is 41.2. The molecule has 1 aromatic heterocycles. The fraction of sp³-hybridized carbons (Fsp3) is 0.393. The summed E-state index contributed by atoms with van der Waals surface area (Å²) in [7, 11) is -3.80. The lowest BCUT2D eigenvalue weighted by Gasteiger charge is -2.27. The summed E-state index contributed by atoms with van der Waals surface area (Å²) in [5.41, 5.74) is 1.83. The maximum Gasteiger partial charge on any atom is 0.240 e. The van der Waals surface area contributed by atoms with E-state index in [1.807, 2.05) is 0 Å². The van der Waals surface area contributed by atoms with Gasteiger partial charge in [-0.15, -0.1) is 0 Å². The van der Waals surface area contributed by atoms with E-state index in [0.29, 0.717) is 41.3 Å². The first-order valence-corrected chi connectivity index (χ1v) is 14.7. The highest BCUT2D eigenvalue weighted by Crippen LogP contribution is 2.25. The van der Waals surface area contributed by atoms with Gasteiger partial charge in [-0.25, -0.2) is 22.5 Å². The first-order valence-electron chi connectivity index (χ1n) is 13.2. The van der Waals surface area contributed by atoms with Gasteiger partial charge in [0.05, 0.1) is 22.3 Å². The van der Waals surface area contributed by atoms with Crippen LogP contribution in [0, 0.1) is 11.2 Å². The van der Waals surface area contributed by atoms with E-state index in [9.17, 15) is 17.9 Å². The van der Waals surface area contributed by atoms with Crippen LogP contribution in [0.2, 0.25) is 0 Å². The number of nitrogens with one attached hydrogen (secondary N) is 4. The number of hydrogen-bond donors (Lipinski definition) is 5. The zero-order valence-electron chi connectivity index (χ0n) is 22.0. The Kier molecular flexibility index (Phi) is 9.60. The zero-order valence-corrected chi connectivity index (χ0v) is 22.8. The number of sulfonamides is 1. The molecule has 1 aliphatic carbocycles. The molecule has 1 heterocycles. The molecule has 208 valence electrons. The van der Waals surface area contributed by atoms with Crippen molar-refractivity contribution in [3.63, 3.8) is 0 Å². The predicted molar refractivity (Wildman–Crippen MR) is 150 cm³/mol. The average molecular weight is 555 g/mol. The van der Waals surface area contributed by atoms with Crippen LogP contribution >= 0.6 is 0 Å². The second-order valence-corrected chi connectivity index (χ2v) is 11.5. The molecule has 0 saturated heterocycles. The summed E-state index contributed by atoms with van der Waals surface area (Å²) in [4.78, 5) is 9.12. The van der Waals surface area contributed by atoms with Gasteiger partial charge in [0.15, 0.2) is 0 Å². The molecular formula is C28H35FN6O3S. The third-order valence-electron chi connectivity index (χ3n) is 6.74. The number of aromatic nitrogens is 2. The van der Waals surface area contributed by atoms with Gasteiger partial charge in [0.1, 0.15) is 11.6 Å². The van der Waals surface area contributed by atoms with Crippen molar-refractivity contribution < 1.29 is 17.9 Å². The Balaban J connectivity index is 1.50. The maximum atomic E-state index is 13.1. The van der Waals surface area contributed by atoms with E-state index >= 15 is 0 Å². The number of rotatable bonds is 12. The van der Waals surface area contributed by atoms with Crippen molar-refractivity contribution in [2.24, 2.45) is 0 Å². The number of benzene rings is 2. The van der Waals surface area contributed by atoms with E-state index in [1.54, 1.807) is 18.3 Å². The molecule has 1 aliphatic rings. The van der Waals surface area contributed by atoms with Crippen LogP contribution in [0.1, 0.15) is 62.1 Å². The molecule has 0 aliphatic heterocycles. The number of anilines is 2. The molecule has 0 atom stereocenters.